The molecule has 2 aromatic carbocycles. The van der Waals surface area contributed by atoms with Crippen molar-refractivity contribution < 1.29 is 8.42 Å². The van der Waals surface area contributed by atoms with Gasteiger partial charge in [-0.15, -0.1) is 0 Å². The van der Waals surface area contributed by atoms with Crippen molar-refractivity contribution in [2.24, 2.45) is 0 Å². The third-order valence-electron chi connectivity index (χ3n) is 3.29. The smallest absolute Gasteiger partial charge is 0.265 e. The van der Waals surface area contributed by atoms with Gasteiger partial charge in [-0.3, -0.25) is 4.31 Å². The molecule has 0 unspecified atom stereocenters. The lowest BCUT2D eigenvalue weighted by atomic mass is 10.1. The molecule has 21 heavy (non-hydrogen) atoms. The lowest BCUT2D eigenvalue weighted by molar-refractivity contribution is 0.594. The highest BCUT2D eigenvalue weighted by Gasteiger charge is 2.26. The number of hydrogen-bond acceptors (Lipinski definition) is 2. The Morgan fingerprint density at radius 2 is 1.57 bits per heavy atom. The Labute approximate surface area is 135 Å². The van der Waals surface area contributed by atoms with Crippen molar-refractivity contribution in [3.63, 3.8) is 0 Å². The van der Waals surface area contributed by atoms with Gasteiger partial charge >= 0.3 is 0 Å². The Bertz CT molecular complexity index is 768. The van der Waals surface area contributed by atoms with E-state index in [-0.39, 0.29) is 9.92 Å². The maximum Gasteiger partial charge on any atom is 0.265 e. The van der Waals surface area contributed by atoms with Crippen LogP contribution < -0.4 is 4.31 Å². The second kappa shape index (κ2) is 5.87. The molecule has 0 aliphatic rings. The Morgan fingerprint density at radius 1 is 1.00 bits per heavy atom. The summed E-state index contributed by atoms with van der Waals surface area (Å²) in [6.07, 6.45) is 0. The Hall–Kier alpha value is -1.23. The second-order valence-electron chi connectivity index (χ2n) is 4.79. The SMILES string of the molecule is Cc1cccc(C)c1N(C)S(=O)(=O)c1cc(Cl)ccc1Cl. The van der Waals surface area contributed by atoms with Crippen LogP contribution in [0.5, 0.6) is 0 Å². The number of benzene rings is 2. The van der Waals surface area contributed by atoms with E-state index in [0.29, 0.717) is 10.7 Å². The molecule has 2 aromatic rings. The molecule has 112 valence electrons. The Morgan fingerprint density at radius 3 is 2.14 bits per heavy atom. The van der Waals surface area contributed by atoms with Gasteiger partial charge in [-0.25, -0.2) is 8.42 Å². The zero-order chi connectivity index (χ0) is 15.8. The summed E-state index contributed by atoms with van der Waals surface area (Å²) in [4.78, 5) is 0.00168. The summed E-state index contributed by atoms with van der Waals surface area (Å²) in [5, 5.41) is 0.477. The third kappa shape index (κ3) is 3.03. The highest BCUT2D eigenvalue weighted by atomic mass is 35.5. The van der Waals surface area contributed by atoms with Gasteiger partial charge in [0.25, 0.3) is 10.0 Å². The van der Waals surface area contributed by atoms with E-state index in [4.69, 9.17) is 23.2 Å². The maximum absolute atomic E-state index is 12.8. The van der Waals surface area contributed by atoms with Crippen LogP contribution in [-0.2, 0) is 10.0 Å². The van der Waals surface area contributed by atoms with Crippen LogP contribution in [0.1, 0.15) is 11.1 Å². The van der Waals surface area contributed by atoms with Crippen molar-refractivity contribution >= 4 is 38.9 Å². The summed E-state index contributed by atoms with van der Waals surface area (Å²) in [5.74, 6) is 0. The van der Waals surface area contributed by atoms with Gasteiger partial charge in [0.1, 0.15) is 4.90 Å². The van der Waals surface area contributed by atoms with E-state index >= 15 is 0 Å². The highest BCUT2D eigenvalue weighted by Crippen LogP contribution is 2.32. The fourth-order valence-corrected chi connectivity index (χ4v) is 4.31. The average molecular weight is 344 g/mol. The van der Waals surface area contributed by atoms with Crippen LogP contribution in [-0.4, -0.2) is 15.5 Å². The van der Waals surface area contributed by atoms with Crippen molar-refractivity contribution in [3.05, 3.63) is 57.6 Å². The molecule has 3 nitrogen and oxygen atoms in total. The van der Waals surface area contributed by atoms with Crippen LogP contribution in [0.2, 0.25) is 10.0 Å². The number of hydrogen-bond donors (Lipinski definition) is 0. The predicted octanol–water partition coefficient (Wildman–Crippen LogP) is 4.44. The van der Waals surface area contributed by atoms with E-state index in [0.717, 1.165) is 11.1 Å². The summed E-state index contributed by atoms with van der Waals surface area (Å²) >= 11 is 11.9. The van der Waals surface area contributed by atoms with E-state index < -0.39 is 10.0 Å². The average Bonchev–Trinajstić information content (AvgIpc) is 2.41. The number of rotatable bonds is 3. The fraction of sp³-hybridized carbons (Fsp3) is 0.200. The van der Waals surface area contributed by atoms with Gasteiger partial charge in [-0.2, -0.15) is 0 Å². The fourth-order valence-electron chi connectivity index (χ4n) is 2.24. The molecule has 0 saturated heterocycles. The highest BCUT2D eigenvalue weighted by molar-refractivity contribution is 7.93. The number of halogens is 2. The van der Waals surface area contributed by atoms with Gasteiger partial charge in [-0.05, 0) is 43.2 Å². The van der Waals surface area contributed by atoms with Gasteiger partial charge in [-0.1, -0.05) is 41.4 Å². The predicted molar refractivity (Wildman–Crippen MR) is 88.0 cm³/mol. The summed E-state index contributed by atoms with van der Waals surface area (Å²) < 4.78 is 26.8. The topological polar surface area (TPSA) is 37.4 Å². The first-order valence-electron chi connectivity index (χ1n) is 6.25. The van der Waals surface area contributed by atoms with Gasteiger partial charge in [0.2, 0.25) is 0 Å². The first-order valence-corrected chi connectivity index (χ1v) is 8.45. The van der Waals surface area contributed by atoms with Crippen LogP contribution >= 0.6 is 23.2 Å². The summed E-state index contributed by atoms with van der Waals surface area (Å²) in [7, 11) is -2.26. The van der Waals surface area contributed by atoms with Crippen molar-refractivity contribution in [2.75, 3.05) is 11.4 Å². The van der Waals surface area contributed by atoms with Crippen LogP contribution in [0, 0.1) is 13.8 Å². The van der Waals surface area contributed by atoms with E-state index in [2.05, 4.69) is 0 Å². The molecule has 0 atom stereocenters. The first kappa shape index (κ1) is 16.1. The number of nitrogens with zero attached hydrogens (tertiary/aromatic N) is 1. The van der Waals surface area contributed by atoms with Crippen LogP contribution in [0.25, 0.3) is 0 Å². The van der Waals surface area contributed by atoms with E-state index in [1.165, 1.54) is 23.5 Å². The monoisotopic (exact) mass is 343 g/mol. The van der Waals surface area contributed by atoms with E-state index in [1.807, 2.05) is 32.0 Å². The largest absolute Gasteiger partial charge is 0.269 e. The minimum atomic E-state index is -3.77. The first-order chi connectivity index (χ1) is 9.75. The molecule has 0 bridgehead atoms. The summed E-state index contributed by atoms with van der Waals surface area (Å²) in [6, 6.07) is 10.0. The van der Waals surface area contributed by atoms with Crippen molar-refractivity contribution in [3.8, 4) is 0 Å². The molecule has 0 radical (unpaired) electrons. The van der Waals surface area contributed by atoms with E-state index in [1.54, 1.807) is 6.07 Å². The zero-order valence-electron chi connectivity index (χ0n) is 11.9. The van der Waals surface area contributed by atoms with Gasteiger partial charge < -0.3 is 0 Å². The molecular formula is C15H15Cl2NO2S. The molecule has 0 N–H and O–H groups in total. The minimum Gasteiger partial charge on any atom is -0.269 e. The molecule has 0 amide bonds. The Kier molecular flexibility index (Phi) is 4.51. The molecule has 0 aromatic heterocycles. The lowest BCUT2D eigenvalue weighted by Gasteiger charge is -2.24. The third-order valence-corrected chi connectivity index (χ3v) is 5.76. The van der Waals surface area contributed by atoms with Crippen LogP contribution in [0.3, 0.4) is 0 Å². The maximum atomic E-state index is 12.8. The molecule has 0 aliphatic carbocycles. The molecule has 2 rings (SSSR count). The minimum absolute atomic E-state index is 0.00168. The van der Waals surface area contributed by atoms with E-state index in [9.17, 15) is 8.42 Å². The van der Waals surface area contributed by atoms with Crippen molar-refractivity contribution in [2.45, 2.75) is 18.7 Å². The normalized spacial score (nSPS) is 11.5. The molecule has 6 heteroatoms. The molecule has 0 heterocycles. The van der Waals surface area contributed by atoms with Crippen molar-refractivity contribution in [1.29, 1.82) is 0 Å². The summed E-state index contributed by atoms with van der Waals surface area (Å²) in [5.41, 5.74) is 2.40. The second-order valence-corrected chi connectivity index (χ2v) is 7.57. The van der Waals surface area contributed by atoms with Crippen LogP contribution in [0.15, 0.2) is 41.3 Å². The van der Waals surface area contributed by atoms with Gasteiger partial charge in [0.15, 0.2) is 0 Å². The number of aryl methyl sites for hydroxylation is 2. The van der Waals surface area contributed by atoms with Crippen LogP contribution in [0.4, 0.5) is 5.69 Å². The van der Waals surface area contributed by atoms with Gasteiger partial charge in [0.05, 0.1) is 10.7 Å². The molecule has 0 saturated carbocycles. The van der Waals surface area contributed by atoms with Gasteiger partial charge in [0, 0.05) is 12.1 Å². The number of para-hydroxylation sites is 1. The molecule has 0 aliphatic heterocycles. The quantitative estimate of drug-likeness (QED) is 0.826. The molecule has 0 spiro atoms. The Balaban J connectivity index is 2.61. The zero-order valence-corrected chi connectivity index (χ0v) is 14.2. The molecular weight excluding hydrogens is 329 g/mol. The lowest BCUT2D eigenvalue weighted by Crippen LogP contribution is -2.28. The van der Waals surface area contributed by atoms with Crippen molar-refractivity contribution in [1.82, 2.24) is 0 Å². The standard InChI is InChI=1S/C15H15Cl2NO2S/c1-10-5-4-6-11(2)15(10)18(3)21(19,20)14-9-12(16)7-8-13(14)17/h4-9H,1-3H3. The molecule has 0 fully saturated rings. The summed E-state index contributed by atoms with van der Waals surface area (Å²) in [6.45, 7) is 3.74. The number of anilines is 1. The number of sulfonamides is 1.